The minimum absolute atomic E-state index is 0.00777. The number of hydrogen-bond acceptors (Lipinski definition) is 5. The number of aromatic nitrogens is 1. The molecule has 0 aliphatic carbocycles. The van der Waals surface area contributed by atoms with Gasteiger partial charge < -0.3 is 14.7 Å². The number of aromatic hydroxyl groups is 1. The van der Waals surface area contributed by atoms with Gasteiger partial charge in [0, 0.05) is 29.2 Å². The molecule has 5 rings (SSSR count). The van der Waals surface area contributed by atoms with E-state index in [0.717, 1.165) is 11.1 Å². The minimum atomic E-state index is -0.482. The van der Waals surface area contributed by atoms with E-state index < -0.39 is 12.2 Å². The third-order valence-electron chi connectivity index (χ3n) is 7.11. The van der Waals surface area contributed by atoms with E-state index in [1.807, 2.05) is 86.6 Å². The van der Waals surface area contributed by atoms with Gasteiger partial charge >= 0.3 is 0 Å². The Morgan fingerprint density at radius 3 is 2.20 bits per heavy atom. The number of amides is 1. The first-order valence-electron chi connectivity index (χ1n) is 13.3. The summed E-state index contributed by atoms with van der Waals surface area (Å²) < 4.78 is 7.86. The van der Waals surface area contributed by atoms with Crippen LogP contribution in [0.1, 0.15) is 53.5 Å². The smallest absolute Gasteiger partial charge is 0.278 e. The topological polar surface area (TPSA) is 75.0 Å². The summed E-state index contributed by atoms with van der Waals surface area (Å²) in [6.07, 6.45) is 1.85. The SMILES string of the molecule is CC(C)N1C(=O)c2c(OCc3ccccc3)c(=O)ccn2N(C(c2ccccc2)c2ccccc2O)[C@H]1CCBr. The summed E-state index contributed by atoms with van der Waals surface area (Å²) in [6.45, 7) is 4.08. The number of rotatable bonds is 9. The zero-order valence-electron chi connectivity index (χ0n) is 22.5. The van der Waals surface area contributed by atoms with E-state index in [-0.39, 0.29) is 41.2 Å². The van der Waals surface area contributed by atoms with Crippen LogP contribution in [0, 0.1) is 0 Å². The highest BCUT2D eigenvalue weighted by atomic mass is 79.9. The molecule has 7 nitrogen and oxygen atoms in total. The van der Waals surface area contributed by atoms with Crippen LogP contribution in [-0.4, -0.2) is 38.1 Å². The number of pyridine rings is 1. The highest BCUT2D eigenvalue weighted by molar-refractivity contribution is 9.09. The Bertz CT molecular complexity index is 1520. The lowest BCUT2D eigenvalue weighted by molar-refractivity contribution is 0.0456. The second-order valence-corrected chi connectivity index (χ2v) is 10.8. The normalized spacial score (nSPS) is 15.7. The molecule has 8 heteroatoms. The van der Waals surface area contributed by atoms with Gasteiger partial charge in [0.1, 0.15) is 24.6 Å². The van der Waals surface area contributed by atoms with Crippen molar-refractivity contribution >= 4 is 21.8 Å². The number of hydrogen-bond donors (Lipinski definition) is 1. The average Bonchev–Trinajstić information content (AvgIpc) is 2.96. The summed E-state index contributed by atoms with van der Waals surface area (Å²) in [7, 11) is 0. The maximum atomic E-state index is 14.2. The molecule has 2 heterocycles. The van der Waals surface area contributed by atoms with E-state index in [2.05, 4.69) is 20.9 Å². The first kappa shape index (κ1) is 27.5. The van der Waals surface area contributed by atoms with Crippen molar-refractivity contribution < 1.29 is 14.6 Å². The Labute approximate surface area is 242 Å². The highest BCUT2D eigenvalue weighted by Crippen LogP contribution is 2.39. The quantitative estimate of drug-likeness (QED) is 0.244. The van der Waals surface area contributed by atoms with Crippen LogP contribution in [0.15, 0.2) is 102 Å². The first-order valence-corrected chi connectivity index (χ1v) is 14.5. The Kier molecular flexibility index (Phi) is 8.26. The van der Waals surface area contributed by atoms with Crippen molar-refractivity contribution in [1.82, 2.24) is 9.58 Å². The number of fused-ring (bicyclic) bond motifs is 1. The standard InChI is InChI=1S/C32H32BrN3O4/c1-22(2)35-28(17-19-33)36(29(24-13-7-4-8-14-24)25-15-9-10-16-26(25)37)34-20-18-27(38)31(30(34)32(35)39)40-21-23-11-5-3-6-12-23/h3-16,18,20,22,28-29,37H,17,19,21H2,1-2H3/t28-,29?/m0/s1. The molecule has 0 fully saturated rings. The van der Waals surface area contributed by atoms with Crippen LogP contribution in [0.2, 0.25) is 0 Å². The van der Waals surface area contributed by atoms with Crippen LogP contribution < -0.4 is 15.2 Å². The summed E-state index contributed by atoms with van der Waals surface area (Å²) in [5, 5.41) is 13.8. The maximum Gasteiger partial charge on any atom is 0.278 e. The molecular formula is C32H32BrN3O4. The van der Waals surface area contributed by atoms with Gasteiger partial charge in [0.25, 0.3) is 5.91 Å². The molecule has 1 aliphatic heterocycles. The number of halogens is 1. The lowest BCUT2D eigenvalue weighted by atomic mass is 9.95. The lowest BCUT2D eigenvalue weighted by Crippen LogP contribution is -2.64. The predicted molar refractivity (Wildman–Crippen MR) is 160 cm³/mol. The highest BCUT2D eigenvalue weighted by Gasteiger charge is 2.44. The minimum Gasteiger partial charge on any atom is -0.508 e. The Hall–Kier alpha value is -4.04. The molecule has 0 saturated carbocycles. The van der Waals surface area contributed by atoms with Crippen LogP contribution in [0.3, 0.4) is 0 Å². The van der Waals surface area contributed by atoms with Crippen molar-refractivity contribution in [2.75, 3.05) is 10.3 Å². The fraction of sp³-hybridized carbons (Fsp3) is 0.250. The van der Waals surface area contributed by atoms with Gasteiger partial charge in [-0.1, -0.05) is 94.8 Å². The van der Waals surface area contributed by atoms with E-state index in [9.17, 15) is 14.7 Å². The summed E-state index contributed by atoms with van der Waals surface area (Å²) in [5.74, 6) is -0.125. The van der Waals surface area contributed by atoms with Crippen LogP contribution >= 0.6 is 15.9 Å². The Morgan fingerprint density at radius 2 is 1.55 bits per heavy atom. The van der Waals surface area contributed by atoms with Gasteiger partial charge in [-0.15, -0.1) is 0 Å². The van der Waals surface area contributed by atoms with E-state index in [0.29, 0.717) is 17.3 Å². The number of alkyl halides is 1. The molecule has 1 aromatic heterocycles. The van der Waals surface area contributed by atoms with Crippen molar-refractivity contribution in [3.8, 4) is 11.5 Å². The van der Waals surface area contributed by atoms with Crippen LogP contribution in [0.4, 0.5) is 0 Å². The summed E-state index contributed by atoms with van der Waals surface area (Å²) in [5.41, 5.74) is 2.30. The van der Waals surface area contributed by atoms with E-state index in [1.54, 1.807) is 27.9 Å². The number of phenols is 1. The van der Waals surface area contributed by atoms with Crippen molar-refractivity contribution in [3.63, 3.8) is 0 Å². The molecular weight excluding hydrogens is 570 g/mol. The molecule has 2 atom stereocenters. The number of benzene rings is 3. The number of carbonyl (C=O) groups excluding carboxylic acids is 1. The fourth-order valence-electron chi connectivity index (χ4n) is 5.37. The van der Waals surface area contributed by atoms with E-state index in [1.165, 1.54) is 6.07 Å². The van der Waals surface area contributed by atoms with Crippen molar-refractivity contribution in [1.29, 1.82) is 0 Å². The molecule has 0 bridgehead atoms. The first-order chi connectivity index (χ1) is 19.4. The summed E-state index contributed by atoms with van der Waals surface area (Å²) in [4.78, 5) is 29.3. The summed E-state index contributed by atoms with van der Waals surface area (Å²) >= 11 is 3.60. The van der Waals surface area contributed by atoms with Crippen LogP contribution in [0.5, 0.6) is 11.5 Å². The maximum absolute atomic E-state index is 14.2. The largest absolute Gasteiger partial charge is 0.508 e. The summed E-state index contributed by atoms with van der Waals surface area (Å²) in [6, 6.07) is 27.4. The number of nitrogens with zero attached hydrogens (tertiary/aromatic N) is 3. The molecule has 1 aliphatic rings. The number of ether oxygens (including phenoxy) is 1. The second kappa shape index (κ2) is 12.0. The van der Waals surface area contributed by atoms with Crippen molar-refractivity contribution in [3.05, 3.63) is 130 Å². The third-order valence-corrected chi connectivity index (χ3v) is 7.57. The van der Waals surface area contributed by atoms with Gasteiger partial charge in [-0.3, -0.25) is 19.3 Å². The number of carbonyl (C=O) groups is 1. The third kappa shape index (κ3) is 5.23. The Balaban J connectivity index is 1.76. The molecule has 1 unspecified atom stereocenters. The van der Waals surface area contributed by atoms with Gasteiger partial charge in [-0.2, -0.15) is 0 Å². The molecule has 1 N–H and O–H groups in total. The molecule has 4 aromatic rings. The molecule has 1 amide bonds. The molecule has 0 spiro atoms. The molecule has 3 aromatic carbocycles. The second-order valence-electron chi connectivity index (χ2n) is 9.99. The molecule has 0 saturated heterocycles. The number of phenolic OH excluding ortho intramolecular Hbond substituents is 1. The molecule has 0 radical (unpaired) electrons. The monoisotopic (exact) mass is 601 g/mol. The Morgan fingerprint density at radius 1 is 0.900 bits per heavy atom. The zero-order valence-corrected chi connectivity index (χ0v) is 24.1. The van der Waals surface area contributed by atoms with E-state index >= 15 is 0 Å². The zero-order chi connectivity index (χ0) is 28.2. The van der Waals surface area contributed by atoms with Gasteiger partial charge in [-0.25, -0.2) is 0 Å². The predicted octanol–water partition coefficient (Wildman–Crippen LogP) is 5.84. The van der Waals surface area contributed by atoms with Crippen LogP contribution in [-0.2, 0) is 6.61 Å². The van der Waals surface area contributed by atoms with Gasteiger partial charge in [-0.05, 0) is 37.5 Å². The number of para-hydroxylation sites is 1. The lowest BCUT2D eigenvalue weighted by Gasteiger charge is -2.51. The molecule has 206 valence electrons. The van der Waals surface area contributed by atoms with E-state index in [4.69, 9.17) is 4.74 Å². The van der Waals surface area contributed by atoms with Crippen LogP contribution in [0.25, 0.3) is 0 Å². The van der Waals surface area contributed by atoms with Gasteiger partial charge in [0.2, 0.25) is 5.43 Å². The average molecular weight is 603 g/mol. The van der Waals surface area contributed by atoms with Gasteiger partial charge in [0.05, 0.1) is 0 Å². The van der Waals surface area contributed by atoms with Gasteiger partial charge in [0.15, 0.2) is 11.4 Å². The van der Waals surface area contributed by atoms with Crippen molar-refractivity contribution in [2.24, 2.45) is 0 Å². The fourth-order valence-corrected chi connectivity index (χ4v) is 5.78. The van der Waals surface area contributed by atoms with Crippen molar-refractivity contribution in [2.45, 2.75) is 45.1 Å². The molecule has 40 heavy (non-hydrogen) atoms.